The number of halogens is 1. The molecule has 0 spiro atoms. The molecule has 3 aromatic rings. The monoisotopic (exact) mass is 350 g/mol. The van der Waals surface area contributed by atoms with Crippen LogP contribution >= 0.6 is 23.4 Å². The number of rotatable bonds is 5. The minimum absolute atomic E-state index is 0.139. The van der Waals surface area contributed by atoms with Gasteiger partial charge in [0, 0.05) is 11.1 Å². The molecule has 0 aliphatic heterocycles. The van der Waals surface area contributed by atoms with Crippen LogP contribution in [0.5, 0.6) is 0 Å². The molecule has 0 saturated heterocycles. The fourth-order valence-corrected chi connectivity index (χ4v) is 2.56. The van der Waals surface area contributed by atoms with E-state index >= 15 is 0 Å². The molecular formula is C13H11ClN6O2S. The number of hydrogen-bond donors (Lipinski definition) is 1. The fraction of sp³-hybridized carbons (Fsp3) is 0.154. The lowest BCUT2D eigenvalue weighted by Crippen LogP contribution is -2.14. The molecule has 2 aromatic heterocycles. The number of aromatic nitrogens is 5. The summed E-state index contributed by atoms with van der Waals surface area (Å²) in [4.78, 5) is 11.9. The number of amides is 1. The zero-order chi connectivity index (χ0) is 16.2. The fourth-order valence-electron chi connectivity index (χ4n) is 1.75. The second kappa shape index (κ2) is 6.80. The molecule has 0 aliphatic rings. The molecule has 0 saturated carbocycles. The first-order chi connectivity index (χ1) is 11.1. The summed E-state index contributed by atoms with van der Waals surface area (Å²) in [6.07, 6.45) is 0. The molecule has 8 nitrogen and oxygen atoms in total. The molecule has 1 aromatic carbocycles. The summed E-state index contributed by atoms with van der Waals surface area (Å²) in [5.41, 5.74) is 0.759. The molecule has 0 unspecified atom stereocenters. The number of hydrogen-bond acceptors (Lipinski definition) is 7. The third-order valence-electron chi connectivity index (χ3n) is 2.74. The molecule has 0 aliphatic carbocycles. The maximum absolute atomic E-state index is 11.9. The molecule has 0 fully saturated rings. The standard InChI is InChI=1S/C13H11ClN6O2S/c1-8-6-11(17-22-8)15-12(21)7-23-13-16-18-19-20(13)10-4-2-9(14)3-5-10/h2-6H,7H2,1H3,(H,15,17,21). The smallest absolute Gasteiger partial charge is 0.236 e. The predicted molar refractivity (Wildman–Crippen MR) is 84.8 cm³/mol. The van der Waals surface area contributed by atoms with Crippen molar-refractivity contribution >= 4 is 35.1 Å². The van der Waals surface area contributed by atoms with E-state index in [-0.39, 0.29) is 11.7 Å². The van der Waals surface area contributed by atoms with Crippen molar-refractivity contribution < 1.29 is 9.32 Å². The van der Waals surface area contributed by atoms with Crippen LogP contribution in [0.4, 0.5) is 5.82 Å². The quantitative estimate of drug-likeness (QED) is 0.705. The van der Waals surface area contributed by atoms with E-state index in [1.807, 2.05) is 0 Å². The van der Waals surface area contributed by atoms with E-state index in [2.05, 4.69) is 26.0 Å². The van der Waals surface area contributed by atoms with E-state index in [9.17, 15) is 4.79 Å². The van der Waals surface area contributed by atoms with Gasteiger partial charge in [-0.25, -0.2) is 0 Å². The van der Waals surface area contributed by atoms with Crippen molar-refractivity contribution in [3.05, 3.63) is 41.1 Å². The van der Waals surface area contributed by atoms with Gasteiger partial charge in [0.25, 0.3) is 0 Å². The Morgan fingerprint density at radius 3 is 2.87 bits per heavy atom. The number of thioether (sulfide) groups is 1. The molecule has 118 valence electrons. The van der Waals surface area contributed by atoms with Crippen LogP contribution in [0.3, 0.4) is 0 Å². The Hall–Kier alpha value is -2.39. The number of carbonyl (C=O) groups excluding carboxylic acids is 1. The maximum Gasteiger partial charge on any atom is 0.236 e. The van der Waals surface area contributed by atoms with Gasteiger partial charge in [-0.05, 0) is 41.6 Å². The van der Waals surface area contributed by atoms with E-state index in [0.717, 1.165) is 5.69 Å². The molecule has 0 bridgehead atoms. The van der Waals surface area contributed by atoms with Crippen LogP contribution in [-0.2, 0) is 4.79 Å². The summed E-state index contributed by atoms with van der Waals surface area (Å²) in [7, 11) is 0. The molecule has 1 N–H and O–H groups in total. The first-order valence-corrected chi connectivity index (χ1v) is 7.88. The van der Waals surface area contributed by atoms with Crippen LogP contribution in [0.25, 0.3) is 5.69 Å². The van der Waals surface area contributed by atoms with Gasteiger partial charge in [-0.3, -0.25) is 4.79 Å². The lowest BCUT2D eigenvalue weighted by molar-refractivity contribution is -0.113. The van der Waals surface area contributed by atoms with Crippen LogP contribution in [0.15, 0.2) is 40.0 Å². The maximum atomic E-state index is 11.9. The van der Waals surface area contributed by atoms with Gasteiger partial charge < -0.3 is 9.84 Å². The van der Waals surface area contributed by atoms with Crippen LogP contribution in [-0.4, -0.2) is 37.0 Å². The van der Waals surface area contributed by atoms with Gasteiger partial charge in [0.2, 0.25) is 11.1 Å². The van der Waals surface area contributed by atoms with Crippen LogP contribution in [0.1, 0.15) is 5.76 Å². The zero-order valence-electron chi connectivity index (χ0n) is 11.9. The van der Waals surface area contributed by atoms with E-state index in [0.29, 0.717) is 21.8 Å². The van der Waals surface area contributed by atoms with Gasteiger partial charge in [0.1, 0.15) is 5.76 Å². The van der Waals surface area contributed by atoms with Gasteiger partial charge in [-0.2, -0.15) is 4.68 Å². The summed E-state index contributed by atoms with van der Waals surface area (Å²) in [5, 5.41) is 18.9. The minimum atomic E-state index is -0.228. The summed E-state index contributed by atoms with van der Waals surface area (Å²) in [5.74, 6) is 0.916. The van der Waals surface area contributed by atoms with E-state index in [1.165, 1.54) is 16.4 Å². The number of benzene rings is 1. The Kier molecular flexibility index (Phi) is 4.58. The normalized spacial score (nSPS) is 10.7. The van der Waals surface area contributed by atoms with Crippen molar-refractivity contribution in [3.8, 4) is 5.69 Å². The van der Waals surface area contributed by atoms with Gasteiger partial charge in [-0.15, -0.1) is 5.10 Å². The average Bonchev–Trinajstić information content (AvgIpc) is 3.15. The zero-order valence-corrected chi connectivity index (χ0v) is 13.5. The number of anilines is 1. The number of tetrazole rings is 1. The van der Waals surface area contributed by atoms with Crippen LogP contribution < -0.4 is 5.32 Å². The number of carbonyl (C=O) groups is 1. The first kappa shape index (κ1) is 15.5. The van der Waals surface area contributed by atoms with Crippen molar-refractivity contribution in [2.75, 3.05) is 11.1 Å². The van der Waals surface area contributed by atoms with Gasteiger partial charge in [-0.1, -0.05) is 28.5 Å². The topological polar surface area (TPSA) is 98.7 Å². The Balaban J connectivity index is 1.64. The SMILES string of the molecule is Cc1cc(NC(=O)CSc2nnnn2-c2ccc(Cl)cc2)no1. The van der Waals surface area contributed by atoms with Gasteiger partial charge in [0.05, 0.1) is 11.4 Å². The lowest BCUT2D eigenvalue weighted by atomic mass is 10.3. The first-order valence-electron chi connectivity index (χ1n) is 6.52. The van der Waals surface area contributed by atoms with Crippen molar-refractivity contribution in [2.24, 2.45) is 0 Å². The molecular weight excluding hydrogens is 340 g/mol. The molecule has 0 atom stereocenters. The van der Waals surface area contributed by atoms with Crippen molar-refractivity contribution in [3.63, 3.8) is 0 Å². The molecule has 23 heavy (non-hydrogen) atoms. The van der Waals surface area contributed by atoms with Crippen LogP contribution in [0, 0.1) is 6.92 Å². The van der Waals surface area contributed by atoms with E-state index in [4.69, 9.17) is 16.1 Å². The summed E-state index contributed by atoms with van der Waals surface area (Å²) < 4.78 is 6.42. The predicted octanol–water partition coefficient (Wildman–Crippen LogP) is 2.34. The Bertz CT molecular complexity index is 816. The Labute approximate surface area is 140 Å². The van der Waals surface area contributed by atoms with Gasteiger partial charge >= 0.3 is 0 Å². The average molecular weight is 351 g/mol. The highest BCUT2D eigenvalue weighted by Crippen LogP contribution is 2.20. The number of aryl methyl sites for hydroxylation is 1. The molecule has 2 heterocycles. The third-order valence-corrected chi connectivity index (χ3v) is 3.91. The largest absolute Gasteiger partial charge is 0.360 e. The molecule has 1 amide bonds. The van der Waals surface area contributed by atoms with Crippen molar-refractivity contribution in [1.29, 1.82) is 0 Å². The third kappa shape index (κ3) is 3.88. The number of nitrogens with one attached hydrogen (secondary N) is 1. The lowest BCUT2D eigenvalue weighted by Gasteiger charge is -2.04. The van der Waals surface area contributed by atoms with E-state index in [1.54, 1.807) is 37.3 Å². The highest BCUT2D eigenvalue weighted by Gasteiger charge is 2.12. The van der Waals surface area contributed by atoms with E-state index < -0.39 is 0 Å². The summed E-state index contributed by atoms with van der Waals surface area (Å²) >= 11 is 7.07. The number of nitrogens with zero attached hydrogens (tertiary/aromatic N) is 5. The van der Waals surface area contributed by atoms with Crippen molar-refractivity contribution in [1.82, 2.24) is 25.4 Å². The summed E-state index contributed by atoms with van der Waals surface area (Å²) in [6, 6.07) is 8.71. The molecule has 0 radical (unpaired) electrons. The molecule has 3 rings (SSSR count). The second-order valence-electron chi connectivity index (χ2n) is 4.51. The Morgan fingerprint density at radius 2 is 2.17 bits per heavy atom. The second-order valence-corrected chi connectivity index (χ2v) is 5.89. The highest BCUT2D eigenvalue weighted by molar-refractivity contribution is 7.99. The minimum Gasteiger partial charge on any atom is -0.360 e. The summed E-state index contributed by atoms with van der Waals surface area (Å²) in [6.45, 7) is 1.75. The Morgan fingerprint density at radius 1 is 1.39 bits per heavy atom. The van der Waals surface area contributed by atoms with Crippen molar-refractivity contribution in [2.45, 2.75) is 12.1 Å². The van der Waals surface area contributed by atoms with Gasteiger partial charge in [0.15, 0.2) is 5.82 Å². The highest BCUT2D eigenvalue weighted by atomic mass is 35.5. The van der Waals surface area contributed by atoms with Crippen LogP contribution in [0.2, 0.25) is 5.02 Å². The molecule has 10 heteroatoms.